The third-order valence-corrected chi connectivity index (χ3v) is 4.43. The average Bonchev–Trinajstić information content (AvgIpc) is 2.85. The summed E-state index contributed by atoms with van der Waals surface area (Å²) in [6.45, 7) is 7.48. The molecule has 1 fully saturated rings. The Morgan fingerprint density at radius 2 is 2.20 bits per heavy atom. The zero-order valence-corrected chi connectivity index (χ0v) is 12.6. The molecule has 1 aromatic heterocycles. The zero-order valence-electron chi connectivity index (χ0n) is 12.6. The quantitative estimate of drug-likeness (QED) is 0.865. The van der Waals surface area contributed by atoms with Crippen LogP contribution in [0.3, 0.4) is 0 Å². The van der Waals surface area contributed by atoms with E-state index < -0.39 is 5.97 Å². The van der Waals surface area contributed by atoms with E-state index in [1.807, 2.05) is 0 Å². The van der Waals surface area contributed by atoms with Crippen LogP contribution in [0.4, 0.5) is 0 Å². The van der Waals surface area contributed by atoms with Crippen molar-refractivity contribution >= 4 is 5.97 Å². The van der Waals surface area contributed by atoms with Crippen molar-refractivity contribution in [1.29, 1.82) is 0 Å². The van der Waals surface area contributed by atoms with Gasteiger partial charge in [-0.1, -0.05) is 27.2 Å². The summed E-state index contributed by atoms with van der Waals surface area (Å²) in [5.74, 6) is 1.82. The zero-order chi connectivity index (χ0) is 14.7. The summed E-state index contributed by atoms with van der Waals surface area (Å²) in [7, 11) is 0. The summed E-state index contributed by atoms with van der Waals surface area (Å²) in [4.78, 5) is 10.8. The van der Waals surface area contributed by atoms with Crippen molar-refractivity contribution in [3.05, 3.63) is 23.7 Å². The minimum absolute atomic E-state index is 0.0132. The monoisotopic (exact) mass is 279 g/mol. The predicted molar refractivity (Wildman–Crippen MR) is 77.6 cm³/mol. The van der Waals surface area contributed by atoms with E-state index in [2.05, 4.69) is 26.1 Å². The summed E-state index contributed by atoms with van der Waals surface area (Å²) in [6, 6.07) is 3.76. The first kappa shape index (κ1) is 15.1. The fraction of sp³-hybridized carbons (Fsp3) is 0.688. The Hall–Kier alpha value is -1.29. The van der Waals surface area contributed by atoms with Crippen LogP contribution in [-0.2, 0) is 6.54 Å². The van der Waals surface area contributed by atoms with Crippen LogP contribution in [0.1, 0.15) is 56.3 Å². The lowest BCUT2D eigenvalue weighted by Crippen LogP contribution is -2.42. The Morgan fingerprint density at radius 3 is 2.80 bits per heavy atom. The molecule has 2 rings (SSSR count). The predicted octanol–water partition coefficient (Wildman–Crippen LogP) is 3.53. The summed E-state index contributed by atoms with van der Waals surface area (Å²) in [5.41, 5.74) is 0. The van der Waals surface area contributed by atoms with Crippen LogP contribution in [0.2, 0.25) is 0 Å². The van der Waals surface area contributed by atoms with Gasteiger partial charge in [0.1, 0.15) is 5.76 Å². The normalized spacial score (nSPS) is 26.9. The molecule has 1 aromatic rings. The molecule has 4 nitrogen and oxygen atoms in total. The van der Waals surface area contributed by atoms with Crippen molar-refractivity contribution in [2.75, 3.05) is 0 Å². The Morgan fingerprint density at radius 1 is 1.45 bits per heavy atom. The molecule has 1 heterocycles. The highest BCUT2D eigenvalue weighted by atomic mass is 16.4. The average molecular weight is 279 g/mol. The van der Waals surface area contributed by atoms with E-state index in [9.17, 15) is 4.79 Å². The topological polar surface area (TPSA) is 62.5 Å². The first-order valence-electron chi connectivity index (χ1n) is 7.52. The smallest absolute Gasteiger partial charge is 0.371 e. The molecule has 112 valence electrons. The Balaban J connectivity index is 1.94. The van der Waals surface area contributed by atoms with Gasteiger partial charge in [0.25, 0.3) is 0 Å². The largest absolute Gasteiger partial charge is 0.475 e. The summed E-state index contributed by atoms with van der Waals surface area (Å²) in [6.07, 6.45) is 3.77. The molecule has 3 atom stereocenters. The van der Waals surface area contributed by atoms with Crippen LogP contribution in [0, 0.1) is 17.8 Å². The van der Waals surface area contributed by atoms with Crippen molar-refractivity contribution in [2.45, 2.75) is 52.6 Å². The third kappa shape index (κ3) is 3.63. The standard InChI is InChI=1S/C16H25NO3/c1-10(2)13-6-4-11(3)8-14(13)17-9-12-5-7-15(20-12)16(18)19/h5,7,10-11,13-14,17H,4,6,8-9H2,1-3H3,(H,18,19). The lowest BCUT2D eigenvalue weighted by Gasteiger charge is -2.37. The van der Waals surface area contributed by atoms with Gasteiger partial charge in [-0.2, -0.15) is 0 Å². The molecule has 0 amide bonds. The molecule has 0 aliphatic heterocycles. The lowest BCUT2D eigenvalue weighted by atomic mass is 9.74. The van der Waals surface area contributed by atoms with Gasteiger partial charge in [-0.25, -0.2) is 4.79 Å². The maximum Gasteiger partial charge on any atom is 0.371 e. The maximum absolute atomic E-state index is 10.8. The second kappa shape index (κ2) is 6.44. The number of carboxylic acid groups (broad SMARTS) is 1. The van der Waals surface area contributed by atoms with Gasteiger partial charge in [0, 0.05) is 6.04 Å². The van der Waals surface area contributed by atoms with Crippen LogP contribution in [0.5, 0.6) is 0 Å². The molecule has 2 N–H and O–H groups in total. The second-order valence-electron chi connectivity index (χ2n) is 6.38. The Kier molecular flexibility index (Phi) is 4.86. The van der Waals surface area contributed by atoms with Crippen LogP contribution >= 0.6 is 0 Å². The van der Waals surface area contributed by atoms with Gasteiger partial charge in [0.2, 0.25) is 5.76 Å². The SMILES string of the molecule is CC1CCC(C(C)C)C(NCc2ccc(C(=O)O)o2)C1. The molecule has 4 heteroatoms. The van der Waals surface area contributed by atoms with Crippen molar-refractivity contribution in [2.24, 2.45) is 17.8 Å². The fourth-order valence-electron chi connectivity index (χ4n) is 3.26. The molecule has 0 bridgehead atoms. The van der Waals surface area contributed by atoms with Crippen LogP contribution in [0.15, 0.2) is 16.5 Å². The van der Waals surface area contributed by atoms with E-state index in [1.54, 1.807) is 6.07 Å². The van der Waals surface area contributed by atoms with Gasteiger partial charge in [-0.3, -0.25) is 0 Å². The van der Waals surface area contributed by atoms with Crippen molar-refractivity contribution < 1.29 is 14.3 Å². The first-order valence-corrected chi connectivity index (χ1v) is 7.52. The van der Waals surface area contributed by atoms with Gasteiger partial charge in [0.05, 0.1) is 6.54 Å². The molecule has 20 heavy (non-hydrogen) atoms. The molecule has 0 spiro atoms. The van der Waals surface area contributed by atoms with E-state index in [-0.39, 0.29) is 5.76 Å². The van der Waals surface area contributed by atoms with E-state index in [0.29, 0.717) is 30.2 Å². The molecular weight excluding hydrogens is 254 g/mol. The van der Waals surface area contributed by atoms with Gasteiger partial charge in [-0.05, 0) is 42.7 Å². The number of carboxylic acids is 1. The van der Waals surface area contributed by atoms with Crippen LogP contribution in [-0.4, -0.2) is 17.1 Å². The molecule has 0 saturated heterocycles. The minimum Gasteiger partial charge on any atom is -0.475 e. The van der Waals surface area contributed by atoms with Crippen LogP contribution < -0.4 is 5.32 Å². The van der Waals surface area contributed by atoms with Crippen molar-refractivity contribution in [1.82, 2.24) is 5.32 Å². The molecule has 1 saturated carbocycles. The van der Waals surface area contributed by atoms with Gasteiger partial charge >= 0.3 is 5.97 Å². The maximum atomic E-state index is 10.8. The number of nitrogens with one attached hydrogen (secondary N) is 1. The second-order valence-corrected chi connectivity index (χ2v) is 6.38. The van der Waals surface area contributed by atoms with E-state index in [1.165, 1.54) is 25.3 Å². The van der Waals surface area contributed by atoms with Gasteiger partial charge < -0.3 is 14.8 Å². The Bertz CT molecular complexity index is 452. The molecule has 0 aromatic carbocycles. The minimum atomic E-state index is -1.01. The third-order valence-electron chi connectivity index (χ3n) is 4.43. The van der Waals surface area contributed by atoms with Crippen molar-refractivity contribution in [3.8, 4) is 0 Å². The van der Waals surface area contributed by atoms with Gasteiger partial charge in [0.15, 0.2) is 0 Å². The summed E-state index contributed by atoms with van der Waals surface area (Å²) in [5, 5.41) is 12.4. The van der Waals surface area contributed by atoms with E-state index >= 15 is 0 Å². The summed E-state index contributed by atoms with van der Waals surface area (Å²) >= 11 is 0. The molecule has 3 unspecified atom stereocenters. The molecule has 1 aliphatic rings. The number of furan rings is 1. The van der Waals surface area contributed by atoms with Crippen LogP contribution in [0.25, 0.3) is 0 Å². The summed E-state index contributed by atoms with van der Waals surface area (Å²) < 4.78 is 5.30. The van der Waals surface area contributed by atoms with E-state index in [4.69, 9.17) is 9.52 Å². The lowest BCUT2D eigenvalue weighted by molar-refractivity contribution is 0.0660. The number of aromatic carboxylic acids is 1. The highest BCUT2D eigenvalue weighted by Crippen LogP contribution is 2.33. The highest BCUT2D eigenvalue weighted by Gasteiger charge is 2.30. The van der Waals surface area contributed by atoms with Crippen molar-refractivity contribution in [3.63, 3.8) is 0 Å². The number of hydrogen-bond acceptors (Lipinski definition) is 3. The molecule has 1 aliphatic carbocycles. The highest BCUT2D eigenvalue weighted by molar-refractivity contribution is 5.84. The number of hydrogen-bond donors (Lipinski definition) is 2. The number of rotatable bonds is 5. The first-order chi connectivity index (χ1) is 9.47. The fourth-order valence-corrected chi connectivity index (χ4v) is 3.26. The Labute approximate surface area is 120 Å². The molecule has 0 radical (unpaired) electrons. The van der Waals surface area contributed by atoms with E-state index in [0.717, 1.165) is 5.92 Å². The number of carbonyl (C=O) groups is 1. The molecular formula is C16H25NO3. The van der Waals surface area contributed by atoms with Gasteiger partial charge in [-0.15, -0.1) is 0 Å².